The highest BCUT2D eigenvalue weighted by Gasteiger charge is 2.04. The molecule has 0 unspecified atom stereocenters. The molecule has 1 aromatic rings. The van der Waals surface area contributed by atoms with Crippen molar-refractivity contribution in [2.24, 2.45) is 10.9 Å². The average Bonchev–Trinajstić information content (AvgIpc) is 2.24. The number of nitrogens with zero attached hydrogens (tertiary/aromatic N) is 2. The highest BCUT2D eigenvalue weighted by atomic mass is 79.9. The van der Waals surface area contributed by atoms with Gasteiger partial charge in [-0.1, -0.05) is 21.1 Å². The lowest BCUT2D eigenvalue weighted by atomic mass is 10.2. The molecule has 0 saturated carbocycles. The van der Waals surface area contributed by atoms with Crippen LogP contribution < -0.4 is 5.73 Å². The quantitative estimate of drug-likeness (QED) is 0.379. The molecular weight excluding hydrogens is 289 g/mol. The zero-order valence-corrected chi connectivity index (χ0v) is 11.1. The predicted octanol–water partition coefficient (Wildman–Crippen LogP) is 2.16. The fourth-order valence-electron chi connectivity index (χ4n) is 1.45. The van der Waals surface area contributed by atoms with E-state index in [2.05, 4.69) is 21.1 Å². The summed E-state index contributed by atoms with van der Waals surface area (Å²) in [5.41, 5.74) is 6.24. The minimum Gasteiger partial charge on any atom is -0.409 e. The Kier molecular flexibility index (Phi) is 5.37. The van der Waals surface area contributed by atoms with E-state index >= 15 is 0 Å². The molecule has 0 radical (unpaired) electrons. The number of amidine groups is 1. The molecule has 0 spiro atoms. The molecule has 1 aromatic carbocycles. The smallest absolute Gasteiger partial charge is 0.140 e. The van der Waals surface area contributed by atoms with Gasteiger partial charge in [-0.3, -0.25) is 0 Å². The molecule has 0 saturated heterocycles. The van der Waals surface area contributed by atoms with Gasteiger partial charge in [0.05, 0.1) is 0 Å². The molecule has 0 aliphatic rings. The van der Waals surface area contributed by atoms with E-state index in [0.717, 1.165) is 10.0 Å². The van der Waals surface area contributed by atoms with Gasteiger partial charge in [-0.15, -0.1) is 0 Å². The van der Waals surface area contributed by atoms with Crippen molar-refractivity contribution in [2.75, 3.05) is 13.6 Å². The van der Waals surface area contributed by atoms with Crippen molar-refractivity contribution in [1.82, 2.24) is 4.90 Å². The number of hydrogen-bond acceptors (Lipinski definition) is 3. The maximum absolute atomic E-state index is 13.1. The summed E-state index contributed by atoms with van der Waals surface area (Å²) in [5, 5.41) is 11.3. The molecule has 0 bridgehead atoms. The first-order valence-corrected chi connectivity index (χ1v) is 5.90. The molecule has 4 nitrogen and oxygen atoms in total. The molecule has 0 fully saturated rings. The summed E-state index contributed by atoms with van der Waals surface area (Å²) in [6, 6.07) is 4.77. The summed E-state index contributed by atoms with van der Waals surface area (Å²) in [7, 11) is 1.89. The van der Waals surface area contributed by atoms with E-state index < -0.39 is 0 Å². The van der Waals surface area contributed by atoms with Gasteiger partial charge >= 0.3 is 0 Å². The van der Waals surface area contributed by atoms with Crippen LogP contribution in [0.4, 0.5) is 4.39 Å². The lowest BCUT2D eigenvalue weighted by molar-refractivity contribution is 0.309. The third kappa shape index (κ3) is 5.14. The third-order valence-electron chi connectivity index (χ3n) is 2.25. The SMILES string of the molecule is CN(CCC(N)=NO)Cc1cc(F)cc(Br)c1. The van der Waals surface area contributed by atoms with E-state index in [9.17, 15) is 4.39 Å². The van der Waals surface area contributed by atoms with Crippen LogP contribution in [0.1, 0.15) is 12.0 Å². The van der Waals surface area contributed by atoms with Gasteiger partial charge < -0.3 is 15.8 Å². The Morgan fingerprint density at radius 3 is 2.82 bits per heavy atom. The number of nitrogens with two attached hydrogens (primary N) is 1. The molecule has 0 aliphatic heterocycles. The maximum Gasteiger partial charge on any atom is 0.140 e. The zero-order valence-electron chi connectivity index (χ0n) is 9.53. The van der Waals surface area contributed by atoms with E-state index in [-0.39, 0.29) is 11.7 Å². The van der Waals surface area contributed by atoms with E-state index in [1.807, 2.05) is 18.0 Å². The molecule has 17 heavy (non-hydrogen) atoms. The maximum atomic E-state index is 13.1. The van der Waals surface area contributed by atoms with Gasteiger partial charge in [-0.25, -0.2) is 4.39 Å². The van der Waals surface area contributed by atoms with Gasteiger partial charge in [-0.2, -0.15) is 0 Å². The lowest BCUT2D eigenvalue weighted by Gasteiger charge is -2.16. The van der Waals surface area contributed by atoms with Crippen LogP contribution in [0.15, 0.2) is 27.8 Å². The summed E-state index contributed by atoms with van der Waals surface area (Å²) in [5.74, 6) is -0.0727. The zero-order chi connectivity index (χ0) is 12.8. The normalized spacial score (nSPS) is 12.1. The summed E-state index contributed by atoms with van der Waals surface area (Å²) in [6.45, 7) is 1.25. The first kappa shape index (κ1) is 13.9. The molecule has 3 N–H and O–H groups in total. The second-order valence-electron chi connectivity index (χ2n) is 3.86. The van der Waals surface area contributed by atoms with Crippen LogP contribution in [0.25, 0.3) is 0 Å². The monoisotopic (exact) mass is 303 g/mol. The minimum absolute atomic E-state index is 0.192. The van der Waals surface area contributed by atoms with Gasteiger partial charge in [-0.05, 0) is 30.8 Å². The Bertz CT molecular complexity index is 391. The van der Waals surface area contributed by atoms with Gasteiger partial charge in [0.25, 0.3) is 0 Å². The Hall–Kier alpha value is -1.14. The predicted molar refractivity (Wildman–Crippen MR) is 68.5 cm³/mol. The van der Waals surface area contributed by atoms with Crippen molar-refractivity contribution in [3.05, 3.63) is 34.1 Å². The molecule has 0 aromatic heterocycles. The van der Waals surface area contributed by atoms with E-state index in [4.69, 9.17) is 10.9 Å². The van der Waals surface area contributed by atoms with Gasteiger partial charge in [0.15, 0.2) is 0 Å². The van der Waals surface area contributed by atoms with Crippen LogP contribution >= 0.6 is 15.9 Å². The van der Waals surface area contributed by atoms with E-state index in [1.165, 1.54) is 12.1 Å². The molecule has 0 amide bonds. The van der Waals surface area contributed by atoms with Crippen LogP contribution in [0.3, 0.4) is 0 Å². The number of rotatable bonds is 5. The van der Waals surface area contributed by atoms with Crippen molar-refractivity contribution in [3.63, 3.8) is 0 Å². The van der Waals surface area contributed by atoms with E-state index in [0.29, 0.717) is 19.5 Å². The number of oxime groups is 1. The number of hydrogen-bond donors (Lipinski definition) is 2. The average molecular weight is 304 g/mol. The minimum atomic E-state index is -0.265. The van der Waals surface area contributed by atoms with Crippen LogP contribution in [0.2, 0.25) is 0 Å². The van der Waals surface area contributed by atoms with Gasteiger partial charge in [0, 0.05) is 24.0 Å². The Labute approximate surface area is 108 Å². The van der Waals surface area contributed by atoms with Crippen molar-refractivity contribution in [3.8, 4) is 0 Å². The van der Waals surface area contributed by atoms with E-state index in [1.54, 1.807) is 0 Å². The van der Waals surface area contributed by atoms with Crippen LogP contribution in [-0.4, -0.2) is 29.5 Å². The van der Waals surface area contributed by atoms with Crippen molar-refractivity contribution >= 4 is 21.8 Å². The first-order chi connectivity index (χ1) is 8.01. The fourth-order valence-corrected chi connectivity index (χ4v) is 1.96. The van der Waals surface area contributed by atoms with Crippen LogP contribution in [-0.2, 0) is 6.54 Å². The summed E-state index contributed by atoms with van der Waals surface area (Å²) in [4.78, 5) is 1.97. The molecule has 94 valence electrons. The molecule has 0 heterocycles. The van der Waals surface area contributed by atoms with Crippen molar-refractivity contribution < 1.29 is 9.60 Å². The van der Waals surface area contributed by atoms with Crippen molar-refractivity contribution in [2.45, 2.75) is 13.0 Å². The third-order valence-corrected chi connectivity index (χ3v) is 2.71. The van der Waals surface area contributed by atoms with Crippen LogP contribution in [0.5, 0.6) is 0 Å². The Morgan fingerprint density at radius 2 is 2.24 bits per heavy atom. The number of halogens is 2. The highest BCUT2D eigenvalue weighted by Crippen LogP contribution is 2.16. The van der Waals surface area contributed by atoms with Gasteiger partial charge in [0.1, 0.15) is 11.7 Å². The molecular formula is C11H15BrFN3O. The second kappa shape index (κ2) is 6.56. The van der Waals surface area contributed by atoms with Crippen molar-refractivity contribution in [1.29, 1.82) is 0 Å². The summed E-state index contributed by atoms with van der Waals surface area (Å²) >= 11 is 3.25. The first-order valence-electron chi connectivity index (χ1n) is 5.11. The largest absolute Gasteiger partial charge is 0.409 e. The summed E-state index contributed by atoms with van der Waals surface area (Å²) < 4.78 is 13.8. The van der Waals surface area contributed by atoms with Crippen LogP contribution in [0, 0.1) is 5.82 Å². The standard InChI is InChI=1S/C11H15BrFN3O/c1-16(3-2-11(14)15-17)7-8-4-9(12)6-10(13)5-8/h4-6,17H,2-3,7H2,1H3,(H2,14,15). The molecule has 6 heteroatoms. The van der Waals surface area contributed by atoms with Gasteiger partial charge in [0.2, 0.25) is 0 Å². The highest BCUT2D eigenvalue weighted by molar-refractivity contribution is 9.10. The molecule has 0 aliphatic carbocycles. The fraction of sp³-hybridized carbons (Fsp3) is 0.364. The summed E-state index contributed by atoms with van der Waals surface area (Å²) in [6.07, 6.45) is 0.476. The lowest BCUT2D eigenvalue weighted by Crippen LogP contribution is -2.24. The Balaban J connectivity index is 2.53. The molecule has 0 atom stereocenters. The Morgan fingerprint density at radius 1 is 1.53 bits per heavy atom. The topological polar surface area (TPSA) is 61.8 Å². The number of benzene rings is 1. The molecule has 1 rings (SSSR count). The second-order valence-corrected chi connectivity index (χ2v) is 4.77.